The molecule has 1 unspecified atom stereocenters. The lowest BCUT2D eigenvalue weighted by atomic mass is 9.95. The predicted octanol–water partition coefficient (Wildman–Crippen LogP) is 1.44. The molecule has 112 valence electrons. The third-order valence-corrected chi connectivity index (χ3v) is 3.96. The molecule has 0 radical (unpaired) electrons. The van der Waals surface area contributed by atoms with Gasteiger partial charge in [0.15, 0.2) is 0 Å². The van der Waals surface area contributed by atoms with Gasteiger partial charge in [-0.3, -0.25) is 0 Å². The fourth-order valence-electron chi connectivity index (χ4n) is 2.36. The lowest BCUT2D eigenvalue weighted by Gasteiger charge is -2.31. The summed E-state index contributed by atoms with van der Waals surface area (Å²) in [6, 6.07) is 5.42. The number of rotatable bonds is 8. The molecule has 1 saturated carbocycles. The first kappa shape index (κ1) is 14.9. The van der Waals surface area contributed by atoms with Crippen molar-refractivity contribution in [3.63, 3.8) is 0 Å². The van der Waals surface area contributed by atoms with E-state index in [0.717, 1.165) is 12.8 Å². The first-order valence-electron chi connectivity index (χ1n) is 6.83. The maximum atomic E-state index is 9.67. The number of benzene rings is 1. The molecule has 1 aliphatic carbocycles. The summed E-state index contributed by atoms with van der Waals surface area (Å²) in [6.07, 6.45) is 2.26. The van der Waals surface area contributed by atoms with Crippen LogP contribution in [0.15, 0.2) is 18.2 Å². The van der Waals surface area contributed by atoms with Crippen LogP contribution in [0.1, 0.15) is 12.8 Å². The Morgan fingerprint density at radius 1 is 1.15 bits per heavy atom. The van der Waals surface area contributed by atoms with Crippen LogP contribution in [0.2, 0.25) is 0 Å². The van der Waals surface area contributed by atoms with E-state index >= 15 is 0 Å². The van der Waals surface area contributed by atoms with Crippen molar-refractivity contribution in [3.05, 3.63) is 18.2 Å². The highest BCUT2D eigenvalue weighted by atomic mass is 16.5. The van der Waals surface area contributed by atoms with Gasteiger partial charge in [0.05, 0.1) is 26.4 Å². The van der Waals surface area contributed by atoms with Crippen LogP contribution in [0.4, 0.5) is 0 Å². The van der Waals surface area contributed by atoms with E-state index in [1.807, 2.05) is 19.2 Å². The molecule has 0 spiro atoms. The number of likely N-dealkylation sites (N-methyl/N-ethyl adjacent to an activating group) is 1. The Labute approximate surface area is 119 Å². The molecule has 2 N–H and O–H groups in total. The third kappa shape index (κ3) is 3.16. The monoisotopic (exact) mass is 281 g/mol. The normalized spacial score (nSPS) is 17.4. The van der Waals surface area contributed by atoms with Crippen molar-refractivity contribution < 1.29 is 19.3 Å². The van der Waals surface area contributed by atoms with Gasteiger partial charge < -0.3 is 24.6 Å². The molecule has 0 aromatic heterocycles. The maximum Gasteiger partial charge on any atom is 0.126 e. The van der Waals surface area contributed by atoms with E-state index in [0.29, 0.717) is 29.8 Å². The van der Waals surface area contributed by atoms with E-state index in [9.17, 15) is 5.11 Å². The van der Waals surface area contributed by atoms with Gasteiger partial charge >= 0.3 is 0 Å². The van der Waals surface area contributed by atoms with Crippen molar-refractivity contribution in [2.75, 3.05) is 34.5 Å². The SMILES string of the molecule is CNC(CO)(COc1cc(OC)cc(OC)c1)C1CC1. The van der Waals surface area contributed by atoms with Gasteiger partial charge in [0.1, 0.15) is 23.9 Å². The summed E-state index contributed by atoms with van der Waals surface area (Å²) in [5, 5.41) is 12.9. The second-order valence-corrected chi connectivity index (χ2v) is 5.18. The third-order valence-electron chi connectivity index (χ3n) is 3.96. The smallest absolute Gasteiger partial charge is 0.126 e. The predicted molar refractivity (Wildman–Crippen MR) is 76.6 cm³/mol. The summed E-state index contributed by atoms with van der Waals surface area (Å²) in [4.78, 5) is 0. The average Bonchev–Trinajstić information content (AvgIpc) is 3.33. The molecule has 1 aliphatic rings. The van der Waals surface area contributed by atoms with Crippen molar-refractivity contribution in [1.29, 1.82) is 0 Å². The molecule has 1 aromatic carbocycles. The molecule has 5 heteroatoms. The molecule has 0 amide bonds. The van der Waals surface area contributed by atoms with Gasteiger partial charge in [-0.1, -0.05) is 0 Å². The molecule has 0 heterocycles. The number of methoxy groups -OCH3 is 2. The van der Waals surface area contributed by atoms with E-state index in [2.05, 4.69) is 5.32 Å². The quantitative estimate of drug-likeness (QED) is 0.755. The molecule has 2 rings (SSSR count). The van der Waals surface area contributed by atoms with Crippen LogP contribution in [0, 0.1) is 5.92 Å². The molecular formula is C15H23NO4. The summed E-state index contributed by atoms with van der Waals surface area (Å²) in [5.41, 5.74) is -0.365. The molecule has 20 heavy (non-hydrogen) atoms. The van der Waals surface area contributed by atoms with Crippen LogP contribution in [0.3, 0.4) is 0 Å². The number of aliphatic hydroxyl groups is 1. The number of hydrogen-bond donors (Lipinski definition) is 2. The summed E-state index contributed by atoms with van der Waals surface area (Å²) in [7, 11) is 5.08. The first-order valence-corrected chi connectivity index (χ1v) is 6.83. The van der Waals surface area contributed by atoms with Crippen molar-refractivity contribution in [2.24, 2.45) is 5.92 Å². The zero-order valence-corrected chi connectivity index (χ0v) is 12.3. The van der Waals surface area contributed by atoms with Crippen LogP contribution < -0.4 is 19.5 Å². The molecule has 0 saturated heterocycles. The Hall–Kier alpha value is -1.46. The van der Waals surface area contributed by atoms with Crippen molar-refractivity contribution in [3.8, 4) is 17.2 Å². The minimum Gasteiger partial charge on any atom is -0.496 e. The highest BCUT2D eigenvalue weighted by molar-refractivity contribution is 5.42. The highest BCUT2D eigenvalue weighted by Gasteiger charge is 2.44. The van der Waals surface area contributed by atoms with Crippen LogP contribution in [0.5, 0.6) is 17.2 Å². The fraction of sp³-hybridized carbons (Fsp3) is 0.600. The van der Waals surface area contributed by atoms with Gasteiger partial charge in [-0.15, -0.1) is 0 Å². The van der Waals surface area contributed by atoms with Crippen LogP contribution in [-0.2, 0) is 0 Å². The molecule has 1 aromatic rings. The Morgan fingerprint density at radius 2 is 1.70 bits per heavy atom. The van der Waals surface area contributed by atoms with Crippen LogP contribution in [0.25, 0.3) is 0 Å². The van der Waals surface area contributed by atoms with E-state index in [1.165, 1.54) is 0 Å². The lowest BCUT2D eigenvalue weighted by Crippen LogP contribution is -2.53. The van der Waals surface area contributed by atoms with Gasteiger partial charge in [-0.05, 0) is 25.8 Å². The second kappa shape index (κ2) is 6.33. The topological polar surface area (TPSA) is 60.0 Å². The van der Waals surface area contributed by atoms with Gasteiger partial charge in [-0.25, -0.2) is 0 Å². The van der Waals surface area contributed by atoms with Gasteiger partial charge in [0.25, 0.3) is 0 Å². The summed E-state index contributed by atoms with van der Waals surface area (Å²) in [6.45, 7) is 0.482. The Bertz CT molecular complexity index is 419. The summed E-state index contributed by atoms with van der Waals surface area (Å²) < 4.78 is 16.3. The number of aliphatic hydroxyl groups excluding tert-OH is 1. The average molecular weight is 281 g/mol. The minimum absolute atomic E-state index is 0.0648. The Balaban J connectivity index is 2.09. The van der Waals surface area contributed by atoms with E-state index in [1.54, 1.807) is 20.3 Å². The summed E-state index contributed by atoms with van der Waals surface area (Å²) >= 11 is 0. The Morgan fingerprint density at radius 3 is 2.10 bits per heavy atom. The minimum atomic E-state index is -0.365. The number of hydrogen-bond acceptors (Lipinski definition) is 5. The molecular weight excluding hydrogens is 258 g/mol. The van der Waals surface area contributed by atoms with Crippen LogP contribution in [-0.4, -0.2) is 45.1 Å². The van der Waals surface area contributed by atoms with Crippen molar-refractivity contribution in [1.82, 2.24) is 5.32 Å². The Kier molecular flexibility index (Phi) is 4.73. The second-order valence-electron chi connectivity index (χ2n) is 5.18. The number of ether oxygens (including phenoxy) is 3. The molecule has 0 bridgehead atoms. The zero-order chi connectivity index (χ0) is 14.6. The van der Waals surface area contributed by atoms with E-state index in [-0.39, 0.29) is 12.1 Å². The van der Waals surface area contributed by atoms with Crippen molar-refractivity contribution >= 4 is 0 Å². The molecule has 1 fully saturated rings. The summed E-state index contributed by atoms with van der Waals surface area (Å²) in [5.74, 6) is 2.52. The maximum absolute atomic E-state index is 9.67. The standard InChI is InChI=1S/C15H23NO4/c1-16-15(9-17,11-4-5-11)10-20-14-7-12(18-2)6-13(8-14)19-3/h6-8,11,16-17H,4-5,9-10H2,1-3H3. The highest BCUT2D eigenvalue weighted by Crippen LogP contribution is 2.40. The first-order chi connectivity index (χ1) is 9.67. The zero-order valence-electron chi connectivity index (χ0n) is 12.3. The molecule has 1 atom stereocenters. The molecule has 5 nitrogen and oxygen atoms in total. The van der Waals surface area contributed by atoms with Gasteiger partial charge in [0, 0.05) is 18.2 Å². The van der Waals surface area contributed by atoms with Crippen LogP contribution >= 0.6 is 0 Å². The molecule has 0 aliphatic heterocycles. The van der Waals surface area contributed by atoms with Crippen molar-refractivity contribution in [2.45, 2.75) is 18.4 Å². The number of nitrogens with one attached hydrogen (secondary N) is 1. The van der Waals surface area contributed by atoms with Gasteiger partial charge in [0.2, 0.25) is 0 Å². The fourth-order valence-corrected chi connectivity index (χ4v) is 2.36. The lowest BCUT2D eigenvalue weighted by molar-refractivity contribution is 0.0912. The van der Waals surface area contributed by atoms with E-state index in [4.69, 9.17) is 14.2 Å². The largest absolute Gasteiger partial charge is 0.496 e. The van der Waals surface area contributed by atoms with Gasteiger partial charge in [-0.2, -0.15) is 0 Å². The van der Waals surface area contributed by atoms with E-state index < -0.39 is 0 Å².